The molecule has 1 fully saturated rings. The van der Waals surface area contributed by atoms with Gasteiger partial charge in [-0.25, -0.2) is 0 Å². The van der Waals surface area contributed by atoms with Crippen molar-refractivity contribution in [3.63, 3.8) is 0 Å². The largest absolute Gasteiger partial charge is 0.358 e. The Morgan fingerprint density at radius 3 is 2.82 bits per heavy atom. The minimum Gasteiger partial charge on any atom is -0.358 e. The van der Waals surface area contributed by atoms with E-state index < -0.39 is 0 Å². The average Bonchev–Trinajstić information content (AvgIpc) is 2.76. The Morgan fingerprint density at radius 2 is 2.24 bits per heavy atom. The van der Waals surface area contributed by atoms with Crippen LogP contribution in [0.3, 0.4) is 0 Å². The molecule has 100 valence electrons. The maximum absolute atomic E-state index is 11.7. The number of hydrogen-bond acceptors (Lipinski definition) is 3. The molecule has 0 aromatic heterocycles. The maximum atomic E-state index is 11.7. The molecule has 4 nitrogen and oxygen atoms in total. The summed E-state index contributed by atoms with van der Waals surface area (Å²) >= 11 is 0. The van der Waals surface area contributed by atoms with E-state index in [1.54, 1.807) is 7.05 Å². The van der Waals surface area contributed by atoms with Gasteiger partial charge in [0.15, 0.2) is 0 Å². The van der Waals surface area contributed by atoms with Gasteiger partial charge in [0.1, 0.15) is 0 Å². The standard InChI is InChI=1S/C13H27N3O/c1-13(2,10-14)7-5-9-16-8-4-6-11(16)12(17)15-3/h11H,4-10,14H2,1-3H3,(H,15,17). The van der Waals surface area contributed by atoms with Gasteiger partial charge in [0.05, 0.1) is 6.04 Å². The van der Waals surface area contributed by atoms with E-state index in [0.717, 1.165) is 45.3 Å². The van der Waals surface area contributed by atoms with Gasteiger partial charge in [-0.3, -0.25) is 9.69 Å². The second-order valence-corrected chi connectivity index (χ2v) is 5.78. The molecule has 3 N–H and O–H groups in total. The highest BCUT2D eigenvalue weighted by atomic mass is 16.2. The van der Waals surface area contributed by atoms with Crippen LogP contribution in [-0.4, -0.2) is 43.5 Å². The second kappa shape index (κ2) is 6.36. The van der Waals surface area contributed by atoms with Gasteiger partial charge in [-0.1, -0.05) is 13.8 Å². The average molecular weight is 241 g/mol. The van der Waals surface area contributed by atoms with Crippen LogP contribution in [-0.2, 0) is 4.79 Å². The van der Waals surface area contributed by atoms with Gasteiger partial charge in [-0.2, -0.15) is 0 Å². The van der Waals surface area contributed by atoms with Gasteiger partial charge in [0, 0.05) is 7.05 Å². The lowest BCUT2D eigenvalue weighted by Crippen LogP contribution is -2.42. The molecule has 1 heterocycles. The third-order valence-electron chi connectivity index (χ3n) is 3.76. The van der Waals surface area contributed by atoms with Crippen LogP contribution in [0.1, 0.15) is 39.5 Å². The normalized spacial score (nSPS) is 21.8. The van der Waals surface area contributed by atoms with Crippen molar-refractivity contribution in [3.05, 3.63) is 0 Å². The van der Waals surface area contributed by atoms with Crippen molar-refractivity contribution in [2.24, 2.45) is 11.1 Å². The number of hydrogen-bond donors (Lipinski definition) is 2. The maximum Gasteiger partial charge on any atom is 0.237 e. The highest BCUT2D eigenvalue weighted by molar-refractivity contribution is 5.81. The Balaban J connectivity index is 2.33. The predicted molar refractivity (Wildman–Crippen MR) is 70.7 cm³/mol. The van der Waals surface area contributed by atoms with Crippen molar-refractivity contribution in [3.8, 4) is 0 Å². The molecule has 1 rings (SSSR count). The molecule has 0 radical (unpaired) electrons. The summed E-state index contributed by atoms with van der Waals surface area (Å²) in [5, 5.41) is 2.75. The van der Waals surface area contributed by atoms with Gasteiger partial charge < -0.3 is 11.1 Å². The van der Waals surface area contributed by atoms with Crippen molar-refractivity contribution < 1.29 is 4.79 Å². The molecule has 0 aliphatic carbocycles. The molecule has 17 heavy (non-hydrogen) atoms. The van der Waals surface area contributed by atoms with Crippen LogP contribution in [0.2, 0.25) is 0 Å². The van der Waals surface area contributed by atoms with E-state index in [0.29, 0.717) is 0 Å². The lowest BCUT2D eigenvalue weighted by molar-refractivity contribution is -0.125. The molecule has 4 heteroatoms. The Kier molecular flexibility index (Phi) is 5.40. The van der Waals surface area contributed by atoms with Gasteiger partial charge in [0.2, 0.25) is 5.91 Å². The van der Waals surface area contributed by atoms with E-state index in [9.17, 15) is 4.79 Å². The highest BCUT2D eigenvalue weighted by Gasteiger charge is 2.29. The Hall–Kier alpha value is -0.610. The minimum atomic E-state index is 0.0981. The lowest BCUT2D eigenvalue weighted by Gasteiger charge is -2.26. The third-order valence-corrected chi connectivity index (χ3v) is 3.76. The molecule has 0 saturated carbocycles. The second-order valence-electron chi connectivity index (χ2n) is 5.78. The fourth-order valence-electron chi connectivity index (χ4n) is 2.42. The number of carbonyl (C=O) groups is 1. The van der Waals surface area contributed by atoms with Crippen LogP contribution in [0.15, 0.2) is 0 Å². The SMILES string of the molecule is CNC(=O)C1CCCN1CCCC(C)(C)CN. The predicted octanol–water partition coefficient (Wildman–Crippen LogP) is 0.962. The zero-order chi connectivity index (χ0) is 12.9. The van der Waals surface area contributed by atoms with Gasteiger partial charge in [-0.15, -0.1) is 0 Å². The molecular formula is C13H27N3O. The fourth-order valence-corrected chi connectivity index (χ4v) is 2.42. The van der Waals surface area contributed by atoms with E-state index in [2.05, 4.69) is 24.1 Å². The number of nitrogens with one attached hydrogen (secondary N) is 1. The summed E-state index contributed by atoms with van der Waals surface area (Å²) in [5.41, 5.74) is 5.94. The molecule has 1 saturated heterocycles. The third kappa shape index (κ3) is 4.28. The topological polar surface area (TPSA) is 58.4 Å². The summed E-state index contributed by atoms with van der Waals surface area (Å²) in [6.45, 7) is 7.20. The van der Waals surface area contributed by atoms with E-state index in [1.165, 1.54) is 0 Å². The Labute approximate surface area is 105 Å². The van der Waals surface area contributed by atoms with Crippen molar-refractivity contribution in [2.75, 3.05) is 26.7 Å². The number of likely N-dealkylation sites (N-methyl/N-ethyl adjacent to an activating group) is 1. The van der Waals surface area contributed by atoms with Gasteiger partial charge >= 0.3 is 0 Å². The van der Waals surface area contributed by atoms with E-state index in [-0.39, 0.29) is 17.4 Å². The number of amides is 1. The molecule has 1 amide bonds. The quantitative estimate of drug-likeness (QED) is 0.728. The zero-order valence-electron chi connectivity index (χ0n) is 11.5. The van der Waals surface area contributed by atoms with Crippen LogP contribution in [0.25, 0.3) is 0 Å². The number of nitrogens with two attached hydrogens (primary N) is 1. The molecule has 1 unspecified atom stereocenters. The van der Waals surface area contributed by atoms with Crippen LogP contribution in [0, 0.1) is 5.41 Å². The monoisotopic (exact) mass is 241 g/mol. The molecule has 1 aliphatic rings. The smallest absolute Gasteiger partial charge is 0.237 e. The molecule has 1 atom stereocenters. The van der Waals surface area contributed by atoms with Gasteiger partial charge in [0.25, 0.3) is 0 Å². The molecule has 0 aromatic rings. The van der Waals surface area contributed by atoms with E-state index >= 15 is 0 Å². The molecule has 0 bridgehead atoms. The highest BCUT2D eigenvalue weighted by Crippen LogP contribution is 2.23. The molecule has 0 spiro atoms. The first-order valence-electron chi connectivity index (χ1n) is 6.66. The summed E-state index contributed by atoms with van der Waals surface area (Å²) in [6.07, 6.45) is 4.39. The van der Waals surface area contributed by atoms with Crippen LogP contribution in [0.5, 0.6) is 0 Å². The van der Waals surface area contributed by atoms with Crippen molar-refractivity contribution in [1.29, 1.82) is 0 Å². The zero-order valence-corrected chi connectivity index (χ0v) is 11.5. The first-order chi connectivity index (χ1) is 8.00. The molecule has 1 aliphatic heterocycles. The Bertz CT molecular complexity index is 253. The van der Waals surface area contributed by atoms with Crippen molar-refractivity contribution >= 4 is 5.91 Å². The van der Waals surface area contributed by atoms with Crippen LogP contribution < -0.4 is 11.1 Å². The van der Waals surface area contributed by atoms with Crippen molar-refractivity contribution in [2.45, 2.75) is 45.6 Å². The summed E-state index contributed by atoms with van der Waals surface area (Å²) in [5.74, 6) is 0.167. The number of likely N-dealkylation sites (tertiary alicyclic amines) is 1. The minimum absolute atomic E-state index is 0.0981. The number of nitrogens with zero attached hydrogens (tertiary/aromatic N) is 1. The summed E-state index contributed by atoms with van der Waals surface area (Å²) in [6, 6.07) is 0.0981. The number of carbonyl (C=O) groups excluding carboxylic acids is 1. The summed E-state index contributed by atoms with van der Waals surface area (Å²) < 4.78 is 0. The fraction of sp³-hybridized carbons (Fsp3) is 0.923. The lowest BCUT2D eigenvalue weighted by atomic mass is 9.88. The van der Waals surface area contributed by atoms with Crippen LogP contribution >= 0.6 is 0 Å². The Morgan fingerprint density at radius 1 is 1.53 bits per heavy atom. The molecule has 0 aromatic carbocycles. The first kappa shape index (κ1) is 14.5. The summed E-state index contributed by atoms with van der Waals surface area (Å²) in [7, 11) is 1.72. The summed E-state index contributed by atoms with van der Waals surface area (Å²) in [4.78, 5) is 14.0. The van der Waals surface area contributed by atoms with Gasteiger partial charge in [-0.05, 0) is 50.7 Å². The number of rotatable bonds is 6. The van der Waals surface area contributed by atoms with Crippen molar-refractivity contribution in [1.82, 2.24) is 10.2 Å². The first-order valence-corrected chi connectivity index (χ1v) is 6.66. The van der Waals surface area contributed by atoms with Crippen LogP contribution in [0.4, 0.5) is 0 Å². The van der Waals surface area contributed by atoms with E-state index in [4.69, 9.17) is 5.73 Å². The molecular weight excluding hydrogens is 214 g/mol. The van der Waals surface area contributed by atoms with E-state index in [1.807, 2.05) is 0 Å².